The van der Waals surface area contributed by atoms with Crippen LogP contribution in [0.3, 0.4) is 0 Å². The standard InChI is InChI=1S/C38H51N3O5/c1-11-12-13-16-24(2)41(23-26-20-19-25-17-14-15-18-30(25)39-26)33(31-34(43)45-38(9,10)46-35(31)44)40-27-21-28(36(3,4)5)32(42)29(22-27)37(6,7)8/h14-15,17-22,24,40,42H,11-13,16,23H2,1-10H3. The number of aromatic hydroxyl groups is 1. The number of hydrogen-bond donors (Lipinski definition) is 2. The lowest BCUT2D eigenvalue weighted by atomic mass is 9.79. The van der Waals surface area contributed by atoms with E-state index in [0.29, 0.717) is 12.2 Å². The van der Waals surface area contributed by atoms with Crippen molar-refractivity contribution in [3.8, 4) is 5.75 Å². The van der Waals surface area contributed by atoms with Gasteiger partial charge in [0.1, 0.15) is 11.6 Å². The molecule has 4 rings (SSSR count). The molecule has 0 aliphatic carbocycles. The Kier molecular flexibility index (Phi) is 10.1. The molecule has 1 aliphatic rings. The molecule has 1 unspecified atom stereocenters. The number of ether oxygens (including phenoxy) is 2. The summed E-state index contributed by atoms with van der Waals surface area (Å²) in [6.45, 7) is 19.9. The first-order valence-electron chi connectivity index (χ1n) is 16.4. The Morgan fingerprint density at radius 3 is 2.09 bits per heavy atom. The molecule has 0 saturated carbocycles. The smallest absolute Gasteiger partial charge is 0.352 e. The van der Waals surface area contributed by atoms with Gasteiger partial charge in [-0.1, -0.05) is 92.0 Å². The third-order valence-corrected chi connectivity index (χ3v) is 8.34. The Balaban J connectivity index is 1.94. The number of nitrogens with zero attached hydrogens (tertiary/aromatic N) is 2. The molecule has 1 saturated heterocycles. The van der Waals surface area contributed by atoms with Crippen LogP contribution in [0, 0.1) is 0 Å². The Labute approximate surface area is 274 Å². The van der Waals surface area contributed by atoms with Crippen molar-refractivity contribution in [1.29, 1.82) is 0 Å². The number of benzene rings is 2. The second kappa shape index (κ2) is 13.3. The SMILES string of the molecule is CCCCCC(C)N(Cc1ccc2ccccc2n1)C(Nc1cc(C(C)(C)C)c(O)c(C(C)(C)C)c1)=C1C(=O)OC(C)(C)OC1=O. The highest BCUT2D eigenvalue weighted by Gasteiger charge is 2.43. The van der Waals surface area contributed by atoms with Crippen LogP contribution < -0.4 is 5.32 Å². The van der Waals surface area contributed by atoms with E-state index >= 15 is 0 Å². The number of rotatable bonds is 10. The molecule has 0 radical (unpaired) electrons. The fourth-order valence-corrected chi connectivity index (χ4v) is 5.78. The van der Waals surface area contributed by atoms with Crippen molar-refractivity contribution in [3.63, 3.8) is 0 Å². The van der Waals surface area contributed by atoms with E-state index in [4.69, 9.17) is 14.5 Å². The van der Waals surface area contributed by atoms with Crippen LogP contribution in [-0.2, 0) is 36.4 Å². The first-order chi connectivity index (χ1) is 21.4. The number of pyridine rings is 1. The zero-order valence-corrected chi connectivity index (χ0v) is 29.2. The Bertz CT molecular complexity index is 1570. The predicted octanol–water partition coefficient (Wildman–Crippen LogP) is 8.47. The molecule has 8 nitrogen and oxygen atoms in total. The number of carbonyl (C=O) groups excluding carboxylic acids is 2. The average molecular weight is 630 g/mol. The van der Waals surface area contributed by atoms with Gasteiger partial charge in [-0.05, 0) is 48.4 Å². The van der Waals surface area contributed by atoms with Crippen LogP contribution in [0.4, 0.5) is 5.69 Å². The summed E-state index contributed by atoms with van der Waals surface area (Å²) in [5, 5.41) is 15.9. The Hall–Kier alpha value is -4.07. The molecule has 1 aliphatic heterocycles. The number of nitrogens with one attached hydrogen (secondary N) is 1. The van der Waals surface area contributed by atoms with Gasteiger partial charge < -0.3 is 24.8 Å². The van der Waals surface area contributed by atoms with E-state index in [9.17, 15) is 14.7 Å². The minimum absolute atomic E-state index is 0.0911. The number of cyclic esters (lactones) is 2. The molecule has 1 fully saturated rings. The molecule has 8 heteroatoms. The molecule has 2 heterocycles. The summed E-state index contributed by atoms with van der Waals surface area (Å²) in [4.78, 5) is 34.3. The fourth-order valence-electron chi connectivity index (χ4n) is 5.78. The molecule has 2 N–H and O–H groups in total. The molecule has 0 spiro atoms. The summed E-state index contributed by atoms with van der Waals surface area (Å²) in [5.41, 5.74) is 2.81. The van der Waals surface area contributed by atoms with Gasteiger partial charge in [0.25, 0.3) is 5.79 Å². The number of para-hydroxylation sites is 1. The van der Waals surface area contributed by atoms with Gasteiger partial charge in [0.05, 0.1) is 17.8 Å². The van der Waals surface area contributed by atoms with E-state index in [-0.39, 0.29) is 34.0 Å². The van der Waals surface area contributed by atoms with E-state index in [1.54, 1.807) is 13.8 Å². The van der Waals surface area contributed by atoms with Gasteiger partial charge in [-0.25, -0.2) is 9.59 Å². The molecule has 46 heavy (non-hydrogen) atoms. The fraction of sp³-hybridized carbons (Fsp3) is 0.500. The van der Waals surface area contributed by atoms with Crippen LogP contribution in [0.5, 0.6) is 5.75 Å². The number of carbonyl (C=O) groups is 2. The summed E-state index contributed by atoms with van der Waals surface area (Å²) < 4.78 is 11.2. The van der Waals surface area contributed by atoms with Crippen molar-refractivity contribution >= 4 is 28.5 Å². The number of unbranched alkanes of at least 4 members (excludes halogenated alkanes) is 2. The first-order valence-corrected chi connectivity index (χ1v) is 16.4. The average Bonchev–Trinajstić information content (AvgIpc) is 2.94. The maximum absolute atomic E-state index is 13.7. The van der Waals surface area contributed by atoms with Crippen LogP contribution >= 0.6 is 0 Å². The minimum Gasteiger partial charge on any atom is -0.507 e. The highest BCUT2D eigenvalue weighted by atomic mass is 16.7. The number of aromatic nitrogens is 1. The topological polar surface area (TPSA) is 101 Å². The van der Waals surface area contributed by atoms with E-state index in [1.807, 2.05) is 95.0 Å². The number of phenols is 1. The van der Waals surface area contributed by atoms with Crippen LogP contribution in [0.25, 0.3) is 10.9 Å². The summed E-state index contributed by atoms with van der Waals surface area (Å²) in [6.07, 6.45) is 3.93. The summed E-state index contributed by atoms with van der Waals surface area (Å²) >= 11 is 0. The summed E-state index contributed by atoms with van der Waals surface area (Å²) in [5.74, 6) is -2.38. The maximum atomic E-state index is 13.7. The van der Waals surface area contributed by atoms with E-state index < -0.39 is 17.7 Å². The quantitative estimate of drug-likeness (QED) is 0.0757. The van der Waals surface area contributed by atoms with Gasteiger partial charge in [-0.15, -0.1) is 0 Å². The van der Waals surface area contributed by atoms with Crippen LogP contribution in [0.2, 0.25) is 0 Å². The number of phenolic OH excluding ortho intramolecular Hbond substituents is 1. The van der Waals surface area contributed by atoms with E-state index in [1.165, 1.54) is 0 Å². The van der Waals surface area contributed by atoms with E-state index in [2.05, 4.69) is 19.2 Å². The molecule has 2 aromatic carbocycles. The van der Waals surface area contributed by atoms with Gasteiger partial charge in [-0.3, -0.25) is 4.98 Å². The van der Waals surface area contributed by atoms with Crippen molar-refractivity contribution in [3.05, 3.63) is 76.7 Å². The van der Waals surface area contributed by atoms with Gasteiger partial charge >= 0.3 is 11.9 Å². The van der Waals surface area contributed by atoms with Gasteiger partial charge in [0.15, 0.2) is 5.57 Å². The second-order valence-corrected chi connectivity index (χ2v) is 14.9. The first kappa shape index (κ1) is 34.8. The van der Waals surface area contributed by atoms with Crippen LogP contribution in [0.1, 0.15) is 112 Å². The molecular formula is C38H51N3O5. The normalized spacial score (nSPS) is 15.7. The van der Waals surface area contributed by atoms with E-state index in [0.717, 1.165) is 53.4 Å². The molecule has 3 aromatic rings. The maximum Gasteiger partial charge on any atom is 0.352 e. The van der Waals surface area contributed by atoms with Crippen LogP contribution in [0.15, 0.2) is 59.9 Å². The Morgan fingerprint density at radius 1 is 0.935 bits per heavy atom. The lowest BCUT2D eigenvalue weighted by Crippen LogP contribution is -2.45. The zero-order valence-electron chi connectivity index (χ0n) is 29.2. The second-order valence-electron chi connectivity index (χ2n) is 14.9. The summed E-state index contributed by atoms with van der Waals surface area (Å²) in [7, 11) is 0. The summed E-state index contributed by atoms with van der Waals surface area (Å²) in [6, 6.07) is 15.6. The minimum atomic E-state index is -1.39. The predicted molar refractivity (Wildman–Crippen MR) is 183 cm³/mol. The van der Waals surface area contributed by atoms with Crippen molar-refractivity contribution in [2.24, 2.45) is 0 Å². The highest BCUT2D eigenvalue weighted by molar-refractivity contribution is 6.16. The third-order valence-electron chi connectivity index (χ3n) is 8.34. The van der Waals surface area contributed by atoms with Gasteiger partial charge in [0.2, 0.25) is 0 Å². The number of fused-ring (bicyclic) bond motifs is 1. The third kappa shape index (κ3) is 8.01. The lowest BCUT2D eigenvalue weighted by Gasteiger charge is -2.37. The highest BCUT2D eigenvalue weighted by Crippen LogP contribution is 2.42. The lowest BCUT2D eigenvalue weighted by molar-refractivity contribution is -0.222. The van der Waals surface area contributed by atoms with Crippen molar-refractivity contribution in [2.45, 2.75) is 124 Å². The molecule has 0 amide bonds. The molecule has 248 valence electrons. The van der Waals surface area contributed by atoms with Gasteiger partial charge in [-0.2, -0.15) is 0 Å². The number of anilines is 1. The molecule has 1 aromatic heterocycles. The van der Waals surface area contributed by atoms with Crippen molar-refractivity contribution in [1.82, 2.24) is 9.88 Å². The largest absolute Gasteiger partial charge is 0.507 e. The Morgan fingerprint density at radius 2 is 1.52 bits per heavy atom. The van der Waals surface area contributed by atoms with Crippen LogP contribution in [-0.4, -0.2) is 38.8 Å². The molecule has 1 atom stereocenters. The molecule has 0 bridgehead atoms. The number of esters is 2. The molecular weight excluding hydrogens is 578 g/mol. The van der Waals surface area contributed by atoms with Gasteiger partial charge in [0, 0.05) is 42.1 Å². The monoisotopic (exact) mass is 629 g/mol. The zero-order chi connectivity index (χ0) is 34.0. The van der Waals surface area contributed by atoms with Crippen molar-refractivity contribution < 1.29 is 24.2 Å². The number of hydrogen-bond acceptors (Lipinski definition) is 8. The van der Waals surface area contributed by atoms with Crippen molar-refractivity contribution in [2.75, 3.05) is 5.32 Å².